The number of hydrogen-bond donors (Lipinski definition) is 2. The van der Waals surface area contributed by atoms with Crippen LogP contribution in [0.2, 0.25) is 0 Å². The van der Waals surface area contributed by atoms with Gasteiger partial charge >= 0.3 is 29.6 Å². The van der Waals surface area contributed by atoms with E-state index < -0.39 is 10.1 Å². The third kappa shape index (κ3) is 2.75. The van der Waals surface area contributed by atoms with Crippen molar-refractivity contribution in [2.75, 3.05) is 0 Å². The van der Waals surface area contributed by atoms with Gasteiger partial charge in [0.25, 0.3) is 10.1 Å². The van der Waals surface area contributed by atoms with Gasteiger partial charge in [0.15, 0.2) is 0 Å². The fraction of sp³-hybridized carbons (Fsp3) is 0. The van der Waals surface area contributed by atoms with Crippen molar-refractivity contribution in [3.8, 4) is 5.75 Å². The summed E-state index contributed by atoms with van der Waals surface area (Å²) in [5.41, 5.74) is 0. The van der Waals surface area contributed by atoms with Crippen molar-refractivity contribution in [2.24, 2.45) is 0 Å². The van der Waals surface area contributed by atoms with Crippen LogP contribution >= 0.6 is 0 Å². The van der Waals surface area contributed by atoms with Crippen LogP contribution in [0.5, 0.6) is 5.75 Å². The summed E-state index contributed by atoms with van der Waals surface area (Å²) in [7, 11) is -4.24. The van der Waals surface area contributed by atoms with E-state index in [1.165, 1.54) is 24.3 Å². The first kappa shape index (κ1) is 13.5. The van der Waals surface area contributed by atoms with E-state index in [1.54, 1.807) is 6.07 Å². The predicted octanol–water partition coefficient (Wildman–Crippen LogP) is 0.944. The molecule has 0 aromatic heterocycles. The molecule has 0 saturated carbocycles. The van der Waals surface area contributed by atoms with Crippen molar-refractivity contribution in [1.29, 1.82) is 0 Å². The quantitative estimate of drug-likeness (QED) is 0.581. The molecule has 0 heterocycles. The van der Waals surface area contributed by atoms with Gasteiger partial charge in [0.1, 0.15) is 10.6 Å². The molecule has 0 atom stereocenters. The molecule has 2 aromatic rings. The Morgan fingerprint density at radius 1 is 1.12 bits per heavy atom. The van der Waals surface area contributed by atoms with Crippen LogP contribution in [-0.4, -0.2) is 47.6 Å². The Morgan fingerprint density at radius 3 is 2.38 bits per heavy atom. The summed E-state index contributed by atoms with van der Waals surface area (Å²) in [6.45, 7) is 0. The summed E-state index contributed by atoms with van der Waals surface area (Å²) in [6.07, 6.45) is 0. The zero-order valence-corrected chi connectivity index (χ0v) is 8.32. The van der Waals surface area contributed by atoms with E-state index in [2.05, 4.69) is 6.07 Å². The summed E-state index contributed by atoms with van der Waals surface area (Å²) >= 11 is 0. The van der Waals surface area contributed by atoms with Crippen molar-refractivity contribution in [1.82, 2.24) is 0 Å². The minimum absolute atomic E-state index is 0. The second-order valence-corrected chi connectivity index (χ2v) is 4.46. The fourth-order valence-electron chi connectivity index (χ4n) is 1.29. The Hall–Kier alpha value is -0.590. The topological polar surface area (TPSA) is 74.6 Å². The molecule has 0 spiro atoms. The fourth-order valence-corrected chi connectivity index (χ4v) is 1.77. The summed E-state index contributed by atoms with van der Waals surface area (Å²) in [5, 5.41) is 10.4. The summed E-state index contributed by atoms with van der Waals surface area (Å²) in [6, 6.07) is 9.81. The molecule has 79 valence electrons. The molecule has 6 heteroatoms. The van der Waals surface area contributed by atoms with E-state index in [0.29, 0.717) is 5.39 Å². The van der Waals surface area contributed by atoms with Gasteiger partial charge in [-0.1, -0.05) is 12.1 Å². The van der Waals surface area contributed by atoms with Gasteiger partial charge in [-0.15, -0.1) is 0 Å². The van der Waals surface area contributed by atoms with Crippen LogP contribution in [0.3, 0.4) is 0 Å². The monoisotopic (exact) mass is 247 g/mol. The second-order valence-electron chi connectivity index (χ2n) is 3.07. The Morgan fingerprint density at radius 2 is 1.75 bits per heavy atom. The normalized spacial score (nSPS) is 11.1. The summed E-state index contributed by atoms with van der Waals surface area (Å²) < 4.78 is 30.4. The first-order chi connectivity index (χ1) is 6.97. The van der Waals surface area contributed by atoms with Gasteiger partial charge in [-0.2, -0.15) is 8.42 Å². The van der Waals surface area contributed by atoms with Crippen molar-refractivity contribution in [3.63, 3.8) is 0 Å². The summed E-state index contributed by atoms with van der Waals surface area (Å²) in [5.74, 6) is 0.0197. The molecule has 0 amide bonds. The SMILES string of the molecule is O=S(=O)(O)c1[c]c2cc(O)ccc2cc1.[NaH]. The zero-order chi connectivity index (χ0) is 11.1. The molecule has 0 saturated heterocycles. The first-order valence-corrected chi connectivity index (χ1v) is 5.53. The molecule has 0 fully saturated rings. The Labute approximate surface area is 115 Å². The molecule has 0 unspecified atom stereocenters. The molecular formula is C10H8NaO4S. The zero-order valence-electron chi connectivity index (χ0n) is 7.51. The standard InChI is InChI=1S/C10H7O4S.Na.H/c11-9-3-1-7-2-4-10(15(12,13)14)6-8(7)5-9;;/h1-5,11H,(H,12,13,14);;. The molecule has 0 aliphatic carbocycles. The van der Waals surface area contributed by atoms with E-state index in [1.807, 2.05) is 0 Å². The number of aromatic hydroxyl groups is 1. The molecule has 16 heavy (non-hydrogen) atoms. The van der Waals surface area contributed by atoms with Crippen molar-refractivity contribution < 1.29 is 18.1 Å². The van der Waals surface area contributed by atoms with E-state index in [4.69, 9.17) is 4.55 Å². The van der Waals surface area contributed by atoms with Gasteiger partial charge in [-0.05, 0) is 29.0 Å². The van der Waals surface area contributed by atoms with Crippen LogP contribution < -0.4 is 0 Å². The third-order valence-electron chi connectivity index (χ3n) is 1.99. The number of phenolic OH excluding ortho intramolecular Hbond substituents is 1. The van der Waals surface area contributed by atoms with Crippen LogP contribution in [0.15, 0.2) is 35.2 Å². The number of rotatable bonds is 1. The molecule has 0 bridgehead atoms. The van der Waals surface area contributed by atoms with Gasteiger partial charge in [0, 0.05) is 6.07 Å². The van der Waals surface area contributed by atoms with Crippen molar-refractivity contribution in [2.45, 2.75) is 4.90 Å². The van der Waals surface area contributed by atoms with Gasteiger partial charge < -0.3 is 5.11 Å². The first-order valence-electron chi connectivity index (χ1n) is 4.09. The van der Waals surface area contributed by atoms with E-state index in [9.17, 15) is 13.5 Å². The number of fused-ring (bicyclic) bond motifs is 1. The van der Waals surface area contributed by atoms with Crippen LogP contribution in [-0.2, 0) is 10.1 Å². The number of hydrogen-bond acceptors (Lipinski definition) is 3. The van der Waals surface area contributed by atoms with Crippen molar-refractivity contribution in [3.05, 3.63) is 36.4 Å². The van der Waals surface area contributed by atoms with Crippen LogP contribution in [0.4, 0.5) is 0 Å². The van der Waals surface area contributed by atoms with Gasteiger partial charge in [-0.25, -0.2) is 0 Å². The van der Waals surface area contributed by atoms with E-state index >= 15 is 0 Å². The maximum absolute atomic E-state index is 10.8. The summed E-state index contributed by atoms with van der Waals surface area (Å²) in [4.78, 5) is -0.305. The number of benzene rings is 2. The molecule has 2 rings (SSSR count). The second kappa shape index (κ2) is 4.73. The molecule has 2 aromatic carbocycles. The third-order valence-corrected chi connectivity index (χ3v) is 2.78. The number of phenols is 1. The molecule has 1 radical (unpaired) electrons. The van der Waals surface area contributed by atoms with Gasteiger partial charge in [-0.3, -0.25) is 4.55 Å². The molecule has 0 aliphatic heterocycles. The Kier molecular flexibility index (Phi) is 3.98. The van der Waals surface area contributed by atoms with Crippen molar-refractivity contribution >= 4 is 50.4 Å². The van der Waals surface area contributed by atoms with Crippen LogP contribution in [0.25, 0.3) is 10.8 Å². The molecular weight excluding hydrogens is 239 g/mol. The van der Waals surface area contributed by atoms with Crippen LogP contribution in [0, 0.1) is 6.07 Å². The molecule has 2 N–H and O–H groups in total. The van der Waals surface area contributed by atoms with E-state index in [0.717, 1.165) is 5.39 Å². The van der Waals surface area contributed by atoms with Gasteiger partial charge in [0.05, 0.1) is 0 Å². The Bertz CT molecular complexity index is 622. The maximum atomic E-state index is 10.8. The molecule has 0 aliphatic rings. The molecule has 4 nitrogen and oxygen atoms in total. The van der Waals surface area contributed by atoms with Crippen LogP contribution in [0.1, 0.15) is 0 Å². The average molecular weight is 247 g/mol. The van der Waals surface area contributed by atoms with E-state index in [-0.39, 0.29) is 40.2 Å². The Balaban J connectivity index is 0.00000128. The van der Waals surface area contributed by atoms with Gasteiger partial charge in [0.2, 0.25) is 0 Å². The minimum atomic E-state index is -4.24. The average Bonchev–Trinajstić information content (AvgIpc) is 2.15. The predicted molar refractivity (Wildman–Crippen MR) is 61.4 cm³/mol.